The van der Waals surface area contributed by atoms with E-state index in [4.69, 9.17) is 5.73 Å². The average Bonchev–Trinajstić information content (AvgIpc) is 1.83. The highest BCUT2D eigenvalue weighted by Gasteiger charge is 1.81. The Labute approximate surface area is 55.9 Å². The van der Waals surface area contributed by atoms with Crippen LogP contribution in [0.25, 0.3) is 0 Å². The van der Waals surface area contributed by atoms with Crippen LogP contribution in [0, 0.1) is 0 Å². The van der Waals surface area contributed by atoms with E-state index in [-0.39, 0.29) is 0 Å². The summed E-state index contributed by atoms with van der Waals surface area (Å²) in [4.78, 5) is 5.69. The first kappa shape index (κ1) is 8.01. The summed E-state index contributed by atoms with van der Waals surface area (Å²) in [6.45, 7) is 6.37. The van der Waals surface area contributed by atoms with Crippen molar-refractivity contribution in [2.24, 2.45) is 10.7 Å². The number of hydrogen-bond donors (Lipinski definition) is 1. The lowest BCUT2D eigenvalue weighted by Gasteiger charge is -2.07. The van der Waals surface area contributed by atoms with Gasteiger partial charge in [0.05, 0.1) is 6.34 Å². The van der Waals surface area contributed by atoms with Gasteiger partial charge in [-0.05, 0) is 6.92 Å². The van der Waals surface area contributed by atoms with Crippen molar-refractivity contribution in [2.45, 2.75) is 6.92 Å². The number of rotatable bonds is 3. The second-order valence-electron chi connectivity index (χ2n) is 1.81. The highest BCUT2D eigenvalue weighted by molar-refractivity contribution is 5.55. The second kappa shape index (κ2) is 3.95. The van der Waals surface area contributed by atoms with E-state index in [1.807, 2.05) is 18.9 Å². The first-order chi connectivity index (χ1) is 4.16. The van der Waals surface area contributed by atoms with E-state index < -0.39 is 0 Å². The zero-order chi connectivity index (χ0) is 7.28. The third kappa shape index (κ3) is 4.87. The molecule has 0 rings (SSSR count). The Balaban J connectivity index is 3.56. The zero-order valence-corrected chi connectivity index (χ0v) is 5.96. The highest BCUT2D eigenvalue weighted by Crippen LogP contribution is 1.78. The third-order valence-electron chi connectivity index (χ3n) is 0.919. The molecule has 0 aliphatic heterocycles. The van der Waals surface area contributed by atoms with Crippen molar-refractivity contribution in [3.63, 3.8) is 0 Å². The van der Waals surface area contributed by atoms with Gasteiger partial charge in [0.1, 0.15) is 5.82 Å². The Morgan fingerprint density at radius 2 is 2.44 bits per heavy atom. The van der Waals surface area contributed by atoms with Gasteiger partial charge in [0.2, 0.25) is 0 Å². The lowest BCUT2D eigenvalue weighted by Crippen LogP contribution is -2.15. The van der Waals surface area contributed by atoms with Crippen molar-refractivity contribution in [1.29, 1.82) is 0 Å². The van der Waals surface area contributed by atoms with Gasteiger partial charge in [0.15, 0.2) is 0 Å². The van der Waals surface area contributed by atoms with E-state index in [9.17, 15) is 0 Å². The molecule has 0 heterocycles. The molecule has 9 heavy (non-hydrogen) atoms. The standard InChI is InChI=1S/C6H13N3/c1-4-9(3)5-8-6(2)7/h5H,2,4,7H2,1,3H3. The van der Waals surface area contributed by atoms with Crippen LogP contribution in [0.5, 0.6) is 0 Å². The molecule has 0 saturated carbocycles. The number of hydrogen-bond acceptors (Lipinski definition) is 2. The summed E-state index contributed by atoms with van der Waals surface area (Å²) in [5.41, 5.74) is 5.18. The van der Waals surface area contributed by atoms with Crippen LogP contribution in [0.2, 0.25) is 0 Å². The van der Waals surface area contributed by atoms with Gasteiger partial charge < -0.3 is 10.6 Å². The van der Waals surface area contributed by atoms with E-state index in [0.717, 1.165) is 6.54 Å². The first-order valence-corrected chi connectivity index (χ1v) is 2.85. The van der Waals surface area contributed by atoms with E-state index in [0.29, 0.717) is 5.82 Å². The summed E-state index contributed by atoms with van der Waals surface area (Å²) >= 11 is 0. The van der Waals surface area contributed by atoms with Crippen LogP contribution in [0.4, 0.5) is 0 Å². The smallest absolute Gasteiger partial charge is 0.117 e. The average molecular weight is 127 g/mol. The summed E-state index contributed by atoms with van der Waals surface area (Å²) in [7, 11) is 1.92. The summed E-state index contributed by atoms with van der Waals surface area (Å²) in [5.74, 6) is 0.343. The molecular weight excluding hydrogens is 114 g/mol. The molecule has 0 aromatic heterocycles. The van der Waals surface area contributed by atoms with Crippen molar-refractivity contribution in [3.05, 3.63) is 12.4 Å². The molecule has 0 aliphatic rings. The van der Waals surface area contributed by atoms with Crippen LogP contribution in [-0.4, -0.2) is 24.8 Å². The minimum Gasteiger partial charge on any atom is -0.384 e. The molecule has 0 unspecified atom stereocenters. The minimum absolute atomic E-state index is 0.343. The molecule has 52 valence electrons. The van der Waals surface area contributed by atoms with E-state index in [2.05, 4.69) is 11.6 Å². The predicted octanol–water partition coefficient (Wildman–Crippen LogP) is 0.396. The SMILES string of the molecule is C=C(N)N=CN(C)CC. The van der Waals surface area contributed by atoms with Crippen LogP contribution in [0.1, 0.15) is 6.92 Å². The molecule has 0 spiro atoms. The third-order valence-corrected chi connectivity index (χ3v) is 0.919. The molecule has 0 radical (unpaired) electrons. The van der Waals surface area contributed by atoms with Crippen LogP contribution >= 0.6 is 0 Å². The molecule has 0 aromatic carbocycles. The molecule has 0 bridgehead atoms. The first-order valence-electron chi connectivity index (χ1n) is 2.85. The number of nitrogens with two attached hydrogens (primary N) is 1. The zero-order valence-electron chi connectivity index (χ0n) is 5.96. The summed E-state index contributed by atoms with van der Waals surface area (Å²) in [6, 6.07) is 0. The van der Waals surface area contributed by atoms with Crippen LogP contribution < -0.4 is 5.73 Å². The molecular formula is C6H13N3. The maximum Gasteiger partial charge on any atom is 0.117 e. The molecule has 0 amide bonds. The molecule has 0 aromatic rings. The molecule has 0 aliphatic carbocycles. The molecule has 2 N–H and O–H groups in total. The highest BCUT2D eigenvalue weighted by atomic mass is 15.1. The topological polar surface area (TPSA) is 41.6 Å². The number of nitrogens with zero attached hydrogens (tertiary/aromatic N) is 2. The maximum atomic E-state index is 5.18. The molecule has 3 nitrogen and oxygen atoms in total. The lowest BCUT2D eigenvalue weighted by atomic mass is 10.7. The van der Waals surface area contributed by atoms with E-state index in [1.165, 1.54) is 0 Å². The van der Waals surface area contributed by atoms with E-state index in [1.54, 1.807) is 6.34 Å². The predicted molar refractivity (Wildman–Crippen MR) is 40.1 cm³/mol. The lowest BCUT2D eigenvalue weighted by molar-refractivity contribution is 0.551. The molecule has 0 fully saturated rings. The van der Waals surface area contributed by atoms with Crippen molar-refractivity contribution in [3.8, 4) is 0 Å². The summed E-state index contributed by atoms with van der Waals surface area (Å²) in [6.07, 6.45) is 1.66. The number of aliphatic imine (C=N–C) groups is 1. The normalized spacial score (nSPS) is 10.0. The fourth-order valence-electron chi connectivity index (χ4n) is 0.254. The van der Waals surface area contributed by atoms with Gasteiger partial charge in [-0.1, -0.05) is 6.58 Å². The van der Waals surface area contributed by atoms with Gasteiger partial charge in [0.25, 0.3) is 0 Å². The van der Waals surface area contributed by atoms with Gasteiger partial charge in [-0.15, -0.1) is 0 Å². The molecule has 0 atom stereocenters. The van der Waals surface area contributed by atoms with Crippen molar-refractivity contribution < 1.29 is 0 Å². The van der Waals surface area contributed by atoms with Crippen LogP contribution in [0.3, 0.4) is 0 Å². The minimum atomic E-state index is 0.343. The van der Waals surface area contributed by atoms with Gasteiger partial charge in [-0.2, -0.15) is 0 Å². The quantitative estimate of drug-likeness (QED) is 0.440. The van der Waals surface area contributed by atoms with Gasteiger partial charge in [-0.3, -0.25) is 0 Å². The van der Waals surface area contributed by atoms with Crippen molar-refractivity contribution >= 4 is 6.34 Å². The Morgan fingerprint density at radius 3 is 2.78 bits per heavy atom. The van der Waals surface area contributed by atoms with Crippen molar-refractivity contribution in [2.75, 3.05) is 13.6 Å². The summed E-state index contributed by atoms with van der Waals surface area (Å²) in [5, 5.41) is 0. The largest absolute Gasteiger partial charge is 0.384 e. The van der Waals surface area contributed by atoms with Crippen LogP contribution in [-0.2, 0) is 0 Å². The Bertz CT molecular complexity index is 117. The maximum absolute atomic E-state index is 5.18. The fourth-order valence-corrected chi connectivity index (χ4v) is 0.254. The molecule has 0 saturated heterocycles. The van der Waals surface area contributed by atoms with Crippen molar-refractivity contribution in [1.82, 2.24) is 4.90 Å². The van der Waals surface area contributed by atoms with Gasteiger partial charge in [-0.25, -0.2) is 4.99 Å². The Kier molecular flexibility index (Phi) is 3.51. The van der Waals surface area contributed by atoms with Gasteiger partial charge in [0, 0.05) is 13.6 Å². The second-order valence-corrected chi connectivity index (χ2v) is 1.81. The fraction of sp³-hybridized carbons (Fsp3) is 0.500. The van der Waals surface area contributed by atoms with Gasteiger partial charge >= 0.3 is 0 Å². The van der Waals surface area contributed by atoms with E-state index >= 15 is 0 Å². The molecule has 3 heteroatoms. The monoisotopic (exact) mass is 127 g/mol. The summed E-state index contributed by atoms with van der Waals surface area (Å²) < 4.78 is 0. The Hall–Kier alpha value is -0.990. The van der Waals surface area contributed by atoms with Crippen LogP contribution in [0.15, 0.2) is 17.4 Å². The Morgan fingerprint density at radius 1 is 1.89 bits per heavy atom.